The average Bonchev–Trinajstić information content (AvgIpc) is 3.31. The lowest BCUT2D eigenvalue weighted by Crippen LogP contribution is -2.48. The van der Waals surface area contributed by atoms with Crippen LogP contribution in [0.4, 0.5) is 11.4 Å². The summed E-state index contributed by atoms with van der Waals surface area (Å²) in [6.07, 6.45) is 0.539. The number of nitrogens with one attached hydrogen (secondary N) is 1. The van der Waals surface area contributed by atoms with Gasteiger partial charge in [0, 0.05) is 54.6 Å². The van der Waals surface area contributed by atoms with Gasteiger partial charge in [-0.25, -0.2) is 0 Å². The second kappa shape index (κ2) is 9.67. The number of halogens is 2. The molecule has 1 N–H and O–H groups in total. The lowest BCUT2D eigenvalue weighted by atomic mass is 10.2. The molecule has 0 spiro atoms. The van der Waals surface area contributed by atoms with Gasteiger partial charge in [-0.05, 0) is 54.6 Å². The first-order valence-corrected chi connectivity index (χ1v) is 11.2. The molecule has 0 atom stereocenters. The largest absolute Gasteiger partial charge is 0.451 e. The highest BCUT2D eigenvalue weighted by Crippen LogP contribution is 2.32. The fourth-order valence-corrected chi connectivity index (χ4v) is 4.06. The van der Waals surface area contributed by atoms with Crippen LogP contribution in [0.5, 0.6) is 0 Å². The Morgan fingerprint density at radius 2 is 1.69 bits per heavy atom. The maximum Gasteiger partial charge on any atom is 0.291 e. The van der Waals surface area contributed by atoms with Crippen LogP contribution in [-0.4, -0.2) is 42.9 Å². The fraction of sp³-hybridized carbons (Fsp3) is 0.250. The minimum absolute atomic E-state index is 0.178. The van der Waals surface area contributed by atoms with Gasteiger partial charge in [-0.15, -0.1) is 0 Å². The molecular weight excluding hydrogens is 449 g/mol. The van der Waals surface area contributed by atoms with Crippen molar-refractivity contribution in [1.82, 2.24) is 4.90 Å². The number of hydrogen-bond donors (Lipinski definition) is 1. The molecule has 32 heavy (non-hydrogen) atoms. The molecule has 1 aliphatic heterocycles. The van der Waals surface area contributed by atoms with Gasteiger partial charge in [-0.1, -0.05) is 30.1 Å². The molecule has 0 saturated carbocycles. The molecule has 2 heterocycles. The second-order valence-corrected chi connectivity index (χ2v) is 8.35. The minimum atomic E-state index is -0.353. The number of benzene rings is 2. The van der Waals surface area contributed by atoms with Crippen LogP contribution in [0.3, 0.4) is 0 Å². The van der Waals surface area contributed by atoms with Crippen molar-refractivity contribution >= 4 is 46.4 Å². The molecule has 0 bridgehead atoms. The van der Waals surface area contributed by atoms with E-state index in [0.29, 0.717) is 33.5 Å². The molecular formula is C24H23Cl2N3O3. The van der Waals surface area contributed by atoms with E-state index in [-0.39, 0.29) is 17.6 Å². The van der Waals surface area contributed by atoms with Crippen molar-refractivity contribution in [2.45, 2.75) is 13.3 Å². The molecule has 0 aliphatic carbocycles. The van der Waals surface area contributed by atoms with Gasteiger partial charge < -0.3 is 19.5 Å². The van der Waals surface area contributed by atoms with E-state index in [1.165, 1.54) is 0 Å². The fourth-order valence-electron chi connectivity index (χ4n) is 3.68. The number of amides is 2. The Labute approximate surface area is 196 Å². The number of anilines is 2. The van der Waals surface area contributed by atoms with Crippen LogP contribution >= 0.6 is 23.2 Å². The third kappa shape index (κ3) is 4.92. The number of piperazine rings is 1. The van der Waals surface area contributed by atoms with Crippen LogP contribution in [0.2, 0.25) is 10.0 Å². The van der Waals surface area contributed by atoms with Crippen LogP contribution < -0.4 is 10.2 Å². The highest BCUT2D eigenvalue weighted by Gasteiger charge is 2.20. The molecule has 2 amide bonds. The molecule has 0 radical (unpaired) electrons. The molecule has 8 heteroatoms. The summed E-state index contributed by atoms with van der Waals surface area (Å²) in [6, 6.07) is 16.0. The van der Waals surface area contributed by atoms with Crippen molar-refractivity contribution < 1.29 is 14.0 Å². The Morgan fingerprint density at radius 1 is 0.969 bits per heavy atom. The first-order chi connectivity index (χ1) is 15.4. The Balaban J connectivity index is 1.38. The van der Waals surface area contributed by atoms with E-state index in [0.717, 1.165) is 31.9 Å². The zero-order chi connectivity index (χ0) is 22.7. The van der Waals surface area contributed by atoms with Crippen LogP contribution in [-0.2, 0) is 4.79 Å². The van der Waals surface area contributed by atoms with E-state index in [2.05, 4.69) is 10.2 Å². The first kappa shape index (κ1) is 22.2. The SMILES string of the molecule is CCC(=O)N1CCN(c2ccc(NC(=O)c3ccc(-c4cc(Cl)ccc4Cl)o3)cc2)CC1. The zero-order valence-electron chi connectivity index (χ0n) is 17.6. The van der Waals surface area contributed by atoms with Gasteiger partial charge in [0.15, 0.2) is 5.76 Å². The number of carbonyl (C=O) groups is 2. The van der Waals surface area contributed by atoms with Crippen molar-refractivity contribution in [2.75, 3.05) is 36.4 Å². The number of furan rings is 1. The molecule has 4 rings (SSSR count). The summed E-state index contributed by atoms with van der Waals surface area (Å²) >= 11 is 12.3. The normalized spacial score (nSPS) is 13.8. The van der Waals surface area contributed by atoms with Crippen molar-refractivity contribution in [2.24, 2.45) is 0 Å². The Morgan fingerprint density at radius 3 is 2.38 bits per heavy atom. The van der Waals surface area contributed by atoms with E-state index in [1.54, 1.807) is 30.3 Å². The minimum Gasteiger partial charge on any atom is -0.451 e. The summed E-state index contributed by atoms with van der Waals surface area (Å²) in [7, 11) is 0. The summed E-state index contributed by atoms with van der Waals surface area (Å²) in [5.74, 6) is 0.491. The van der Waals surface area contributed by atoms with Gasteiger partial charge in [-0.3, -0.25) is 9.59 Å². The summed E-state index contributed by atoms with van der Waals surface area (Å²) in [6.45, 7) is 4.92. The van der Waals surface area contributed by atoms with Gasteiger partial charge in [0.05, 0.1) is 5.02 Å². The number of nitrogens with zero attached hydrogens (tertiary/aromatic N) is 2. The standard InChI is InChI=1S/C24H23Cl2N3O3/c1-2-23(30)29-13-11-28(12-14-29)18-6-4-17(5-7-18)27-24(31)22-10-9-21(32-22)19-15-16(25)3-8-20(19)26/h3-10,15H,2,11-14H2,1H3,(H,27,31). The van der Waals surface area contributed by atoms with Gasteiger partial charge in [0.1, 0.15) is 5.76 Å². The predicted octanol–water partition coefficient (Wildman–Crippen LogP) is 5.56. The maximum absolute atomic E-state index is 12.6. The molecule has 1 fully saturated rings. The summed E-state index contributed by atoms with van der Waals surface area (Å²) in [4.78, 5) is 28.6. The lowest BCUT2D eigenvalue weighted by molar-refractivity contribution is -0.131. The van der Waals surface area contributed by atoms with E-state index in [1.807, 2.05) is 36.1 Å². The van der Waals surface area contributed by atoms with E-state index in [4.69, 9.17) is 27.6 Å². The van der Waals surface area contributed by atoms with Gasteiger partial charge >= 0.3 is 0 Å². The van der Waals surface area contributed by atoms with Crippen LogP contribution in [0, 0.1) is 0 Å². The van der Waals surface area contributed by atoms with Gasteiger partial charge in [0.2, 0.25) is 5.91 Å². The molecule has 1 aromatic heterocycles. The summed E-state index contributed by atoms with van der Waals surface area (Å²) < 4.78 is 5.70. The highest BCUT2D eigenvalue weighted by atomic mass is 35.5. The molecule has 6 nitrogen and oxygen atoms in total. The van der Waals surface area contributed by atoms with Crippen molar-refractivity contribution in [1.29, 1.82) is 0 Å². The smallest absolute Gasteiger partial charge is 0.291 e. The van der Waals surface area contributed by atoms with Crippen LogP contribution in [0.1, 0.15) is 23.9 Å². The Bertz CT molecular complexity index is 1120. The number of carbonyl (C=O) groups excluding carboxylic acids is 2. The van der Waals surface area contributed by atoms with Crippen molar-refractivity contribution in [3.05, 3.63) is 70.4 Å². The third-order valence-corrected chi connectivity index (χ3v) is 6.01. The van der Waals surface area contributed by atoms with Gasteiger partial charge in [-0.2, -0.15) is 0 Å². The Hall–Kier alpha value is -2.96. The predicted molar refractivity (Wildman–Crippen MR) is 128 cm³/mol. The number of rotatable bonds is 5. The van der Waals surface area contributed by atoms with Crippen LogP contribution in [0.15, 0.2) is 59.0 Å². The van der Waals surface area contributed by atoms with E-state index >= 15 is 0 Å². The van der Waals surface area contributed by atoms with E-state index in [9.17, 15) is 9.59 Å². The lowest BCUT2D eigenvalue weighted by Gasteiger charge is -2.36. The first-order valence-electron chi connectivity index (χ1n) is 10.4. The highest BCUT2D eigenvalue weighted by molar-refractivity contribution is 6.35. The average molecular weight is 472 g/mol. The number of hydrogen-bond acceptors (Lipinski definition) is 4. The third-order valence-electron chi connectivity index (χ3n) is 5.45. The quantitative estimate of drug-likeness (QED) is 0.528. The van der Waals surface area contributed by atoms with Gasteiger partial charge in [0.25, 0.3) is 5.91 Å². The van der Waals surface area contributed by atoms with Crippen molar-refractivity contribution in [3.63, 3.8) is 0 Å². The Kier molecular flexibility index (Phi) is 6.72. The van der Waals surface area contributed by atoms with Crippen LogP contribution in [0.25, 0.3) is 11.3 Å². The monoisotopic (exact) mass is 471 g/mol. The summed E-state index contributed by atoms with van der Waals surface area (Å²) in [5.41, 5.74) is 2.35. The molecule has 2 aromatic carbocycles. The molecule has 166 valence electrons. The molecule has 1 saturated heterocycles. The topological polar surface area (TPSA) is 65.8 Å². The zero-order valence-corrected chi connectivity index (χ0v) is 19.1. The maximum atomic E-state index is 12.6. The van der Waals surface area contributed by atoms with E-state index < -0.39 is 0 Å². The van der Waals surface area contributed by atoms with Crippen molar-refractivity contribution in [3.8, 4) is 11.3 Å². The molecule has 1 aliphatic rings. The summed E-state index contributed by atoms with van der Waals surface area (Å²) in [5, 5.41) is 3.87. The second-order valence-electron chi connectivity index (χ2n) is 7.51. The molecule has 3 aromatic rings. The molecule has 0 unspecified atom stereocenters.